The topological polar surface area (TPSA) is 20.3 Å². The van der Waals surface area contributed by atoms with Crippen LogP contribution in [0.2, 0.25) is 0 Å². The van der Waals surface area contributed by atoms with Gasteiger partial charge in [0.15, 0.2) is 0 Å². The molecule has 0 aromatic carbocycles. The largest absolute Gasteiger partial charge is 0.340 e. The molecule has 1 aliphatic rings. The highest BCUT2D eigenvalue weighted by Crippen LogP contribution is 2.40. The van der Waals surface area contributed by atoms with Gasteiger partial charge in [-0.15, -0.1) is 0 Å². The smallest absolute Gasteiger partial charge is 0.246 e. The molecule has 0 radical (unpaired) electrons. The number of carbonyl (C=O) groups is 1. The monoisotopic (exact) mass is 355 g/mol. The Kier molecular flexibility index (Phi) is 8.84. The van der Waals surface area contributed by atoms with Gasteiger partial charge in [-0.05, 0) is 70.4 Å². The van der Waals surface area contributed by atoms with Crippen molar-refractivity contribution in [1.29, 1.82) is 0 Å². The van der Waals surface area contributed by atoms with Crippen molar-refractivity contribution in [3.8, 4) is 0 Å². The highest BCUT2D eigenvalue weighted by molar-refractivity contribution is 5.88. The van der Waals surface area contributed by atoms with E-state index in [1.807, 2.05) is 37.8 Å². The van der Waals surface area contributed by atoms with Gasteiger partial charge in [0, 0.05) is 19.2 Å². The number of likely N-dealkylation sites (N-methyl/N-ethyl adjacent to an activating group) is 1. The summed E-state index contributed by atoms with van der Waals surface area (Å²) in [6, 6.07) is 0. The average molecular weight is 356 g/mol. The van der Waals surface area contributed by atoms with Gasteiger partial charge < -0.3 is 4.90 Å². The maximum absolute atomic E-state index is 12.1. The first-order chi connectivity index (χ1) is 12.2. The average Bonchev–Trinajstić information content (AvgIpc) is 2.54. The molecule has 1 aliphatic carbocycles. The van der Waals surface area contributed by atoms with Gasteiger partial charge in [0.2, 0.25) is 5.91 Å². The van der Waals surface area contributed by atoms with E-state index in [2.05, 4.69) is 45.9 Å². The maximum Gasteiger partial charge on any atom is 0.246 e. The highest BCUT2D eigenvalue weighted by atomic mass is 16.2. The summed E-state index contributed by atoms with van der Waals surface area (Å²) in [5.41, 5.74) is 5.47. The zero-order valence-electron chi connectivity index (χ0n) is 17.9. The Hall–Kier alpha value is -1.83. The van der Waals surface area contributed by atoms with Crippen molar-refractivity contribution in [2.75, 3.05) is 13.1 Å². The van der Waals surface area contributed by atoms with Crippen molar-refractivity contribution in [1.82, 2.24) is 4.90 Å². The lowest BCUT2D eigenvalue weighted by molar-refractivity contribution is -0.125. The molecule has 0 fully saturated rings. The van der Waals surface area contributed by atoms with Crippen LogP contribution >= 0.6 is 0 Å². The summed E-state index contributed by atoms with van der Waals surface area (Å²) in [6.07, 6.45) is 16.1. The predicted octanol–water partition coefficient (Wildman–Crippen LogP) is 6.39. The summed E-state index contributed by atoms with van der Waals surface area (Å²) >= 11 is 0. The van der Waals surface area contributed by atoms with Gasteiger partial charge in [-0.25, -0.2) is 0 Å². The molecule has 0 unspecified atom stereocenters. The first kappa shape index (κ1) is 22.2. The van der Waals surface area contributed by atoms with Crippen LogP contribution in [0.3, 0.4) is 0 Å². The molecule has 0 saturated carbocycles. The van der Waals surface area contributed by atoms with Gasteiger partial charge in [-0.2, -0.15) is 0 Å². The normalized spacial score (nSPS) is 18.9. The number of allylic oxidation sites excluding steroid dienone is 9. The van der Waals surface area contributed by atoms with E-state index in [1.165, 1.54) is 36.0 Å². The van der Waals surface area contributed by atoms with Crippen molar-refractivity contribution in [3.05, 3.63) is 58.7 Å². The summed E-state index contributed by atoms with van der Waals surface area (Å²) in [7, 11) is 0. The number of carbonyl (C=O) groups excluding carboxylic acids is 1. The van der Waals surface area contributed by atoms with Crippen LogP contribution < -0.4 is 0 Å². The van der Waals surface area contributed by atoms with Crippen LogP contribution in [0.1, 0.15) is 67.7 Å². The van der Waals surface area contributed by atoms with Gasteiger partial charge in [0.25, 0.3) is 0 Å². The van der Waals surface area contributed by atoms with Crippen molar-refractivity contribution < 1.29 is 4.79 Å². The second-order valence-electron chi connectivity index (χ2n) is 7.93. The van der Waals surface area contributed by atoms with Crippen LogP contribution in [-0.2, 0) is 4.79 Å². The van der Waals surface area contributed by atoms with Crippen molar-refractivity contribution in [3.63, 3.8) is 0 Å². The molecule has 2 nitrogen and oxygen atoms in total. The van der Waals surface area contributed by atoms with Gasteiger partial charge in [-0.1, -0.05) is 55.4 Å². The lowest BCUT2D eigenvalue weighted by Crippen LogP contribution is -2.28. The molecule has 1 amide bonds. The van der Waals surface area contributed by atoms with E-state index in [-0.39, 0.29) is 11.3 Å². The molecule has 0 aliphatic heterocycles. The molecular formula is C24H37NO. The fourth-order valence-corrected chi connectivity index (χ4v) is 3.50. The molecule has 0 saturated heterocycles. The number of hydrogen-bond acceptors (Lipinski definition) is 1. The summed E-state index contributed by atoms with van der Waals surface area (Å²) in [5, 5.41) is 0. The fourth-order valence-electron chi connectivity index (χ4n) is 3.50. The molecule has 0 N–H and O–H groups in total. The molecule has 0 bridgehead atoms. The predicted molar refractivity (Wildman–Crippen MR) is 114 cm³/mol. The number of hydrogen-bond donors (Lipinski definition) is 0. The minimum absolute atomic E-state index is 0.0830. The van der Waals surface area contributed by atoms with E-state index in [1.54, 1.807) is 6.08 Å². The van der Waals surface area contributed by atoms with E-state index in [0.29, 0.717) is 0 Å². The third kappa shape index (κ3) is 6.82. The molecular weight excluding hydrogens is 318 g/mol. The van der Waals surface area contributed by atoms with Gasteiger partial charge >= 0.3 is 0 Å². The van der Waals surface area contributed by atoms with Gasteiger partial charge in [0.1, 0.15) is 0 Å². The zero-order valence-corrected chi connectivity index (χ0v) is 17.9. The Labute approximate surface area is 161 Å². The van der Waals surface area contributed by atoms with Gasteiger partial charge in [-0.3, -0.25) is 4.79 Å². The fraction of sp³-hybridized carbons (Fsp3) is 0.542. The molecule has 1 rings (SSSR count). The van der Waals surface area contributed by atoms with E-state index in [4.69, 9.17) is 0 Å². The molecule has 26 heavy (non-hydrogen) atoms. The van der Waals surface area contributed by atoms with Crippen LogP contribution in [0.5, 0.6) is 0 Å². The SMILES string of the molecule is CCN(CC)C(=O)/C=C(C)/C=C/C=C(C)/C=C/C1=C(C)CCCC1(C)C. The molecule has 0 heterocycles. The Morgan fingerprint density at radius 2 is 1.77 bits per heavy atom. The summed E-state index contributed by atoms with van der Waals surface area (Å²) in [5.74, 6) is 0.0830. The minimum Gasteiger partial charge on any atom is -0.340 e. The summed E-state index contributed by atoms with van der Waals surface area (Å²) in [4.78, 5) is 13.9. The molecule has 0 aromatic heterocycles. The second kappa shape index (κ2) is 10.4. The lowest BCUT2D eigenvalue weighted by Gasteiger charge is -2.32. The molecule has 0 spiro atoms. The van der Waals surface area contributed by atoms with Crippen LogP contribution in [0, 0.1) is 5.41 Å². The third-order valence-corrected chi connectivity index (χ3v) is 5.20. The molecule has 0 atom stereocenters. The maximum atomic E-state index is 12.1. The first-order valence-corrected chi connectivity index (χ1v) is 9.91. The third-order valence-electron chi connectivity index (χ3n) is 5.20. The van der Waals surface area contributed by atoms with Crippen LogP contribution in [0.15, 0.2) is 58.7 Å². The minimum atomic E-state index is 0.0830. The van der Waals surface area contributed by atoms with E-state index in [9.17, 15) is 4.79 Å². The van der Waals surface area contributed by atoms with Crippen LogP contribution in [0.4, 0.5) is 0 Å². The quantitative estimate of drug-likeness (QED) is 0.383. The lowest BCUT2D eigenvalue weighted by atomic mass is 9.72. The highest BCUT2D eigenvalue weighted by Gasteiger charge is 2.26. The zero-order chi connectivity index (χ0) is 19.7. The van der Waals surface area contributed by atoms with Crippen molar-refractivity contribution in [2.24, 2.45) is 5.41 Å². The Morgan fingerprint density at radius 1 is 1.12 bits per heavy atom. The van der Waals surface area contributed by atoms with Crippen molar-refractivity contribution >= 4 is 5.91 Å². The van der Waals surface area contributed by atoms with Crippen molar-refractivity contribution in [2.45, 2.75) is 67.7 Å². The van der Waals surface area contributed by atoms with Crippen LogP contribution in [0.25, 0.3) is 0 Å². The Bertz CT molecular complexity index is 637. The number of nitrogens with zero attached hydrogens (tertiary/aromatic N) is 1. The summed E-state index contributed by atoms with van der Waals surface area (Å²) in [6.45, 7) is 16.5. The summed E-state index contributed by atoms with van der Waals surface area (Å²) < 4.78 is 0. The Balaban J connectivity index is 2.76. The van der Waals surface area contributed by atoms with E-state index >= 15 is 0 Å². The Morgan fingerprint density at radius 3 is 2.35 bits per heavy atom. The number of amides is 1. The number of rotatable bonds is 7. The molecule has 0 aromatic rings. The standard InChI is InChI=1S/C24H37NO/c1-8-25(9-2)23(26)18-20(4)13-10-12-19(3)15-16-22-21(5)14-11-17-24(22,6)7/h10,12-13,15-16,18H,8-9,11,14,17H2,1-7H3/b13-10+,16-15+,19-12+,20-18+. The van der Waals surface area contributed by atoms with E-state index < -0.39 is 0 Å². The van der Waals surface area contributed by atoms with E-state index in [0.717, 1.165) is 18.7 Å². The molecule has 144 valence electrons. The van der Waals surface area contributed by atoms with Gasteiger partial charge in [0.05, 0.1) is 0 Å². The first-order valence-electron chi connectivity index (χ1n) is 9.91. The molecule has 2 heteroatoms. The second-order valence-corrected chi connectivity index (χ2v) is 7.93. The van der Waals surface area contributed by atoms with Crippen LogP contribution in [-0.4, -0.2) is 23.9 Å².